The number of amides is 2. The monoisotopic (exact) mass is 378 g/mol. The molecule has 0 aliphatic carbocycles. The predicted molar refractivity (Wildman–Crippen MR) is 108 cm³/mol. The lowest BCUT2D eigenvalue weighted by Crippen LogP contribution is -2.38. The van der Waals surface area contributed by atoms with Gasteiger partial charge < -0.3 is 10.2 Å². The first-order valence-corrected chi connectivity index (χ1v) is 9.02. The summed E-state index contributed by atoms with van der Waals surface area (Å²) in [6.45, 7) is 3.68. The average molecular weight is 378 g/mol. The highest BCUT2D eigenvalue weighted by Crippen LogP contribution is 2.15. The van der Waals surface area contributed by atoms with Gasteiger partial charge >= 0.3 is 0 Å². The van der Waals surface area contributed by atoms with Crippen molar-refractivity contribution in [1.82, 2.24) is 14.3 Å². The number of aryl methyl sites for hydroxylation is 2. The van der Waals surface area contributed by atoms with E-state index in [2.05, 4.69) is 10.3 Å². The number of para-hydroxylation sites is 1. The molecule has 0 saturated carbocycles. The molecule has 1 aromatic carbocycles. The van der Waals surface area contributed by atoms with Crippen LogP contribution in [0.4, 0.5) is 5.69 Å². The molecule has 0 saturated heterocycles. The van der Waals surface area contributed by atoms with Crippen LogP contribution in [0.2, 0.25) is 0 Å². The summed E-state index contributed by atoms with van der Waals surface area (Å²) in [5.41, 5.74) is 2.54. The second-order valence-electron chi connectivity index (χ2n) is 6.63. The lowest BCUT2D eigenvalue weighted by Gasteiger charge is -2.17. The molecule has 0 aliphatic rings. The first-order valence-electron chi connectivity index (χ1n) is 9.02. The molecule has 0 radical (unpaired) electrons. The molecule has 0 atom stereocenters. The normalized spacial score (nSPS) is 10.7. The van der Waals surface area contributed by atoms with Crippen molar-refractivity contribution in [3.63, 3.8) is 0 Å². The Labute approximate surface area is 162 Å². The van der Waals surface area contributed by atoms with Gasteiger partial charge in [0.1, 0.15) is 11.2 Å². The minimum absolute atomic E-state index is 0.0765. The number of pyridine rings is 1. The quantitative estimate of drug-likeness (QED) is 0.738. The maximum Gasteiger partial charge on any atom is 0.270 e. The molecule has 2 amide bonds. The molecular weight excluding hydrogens is 356 g/mol. The van der Waals surface area contributed by atoms with Crippen molar-refractivity contribution in [2.75, 3.05) is 18.9 Å². The van der Waals surface area contributed by atoms with Gasteiger partial charge in [-0.05, 0) is 36.6 Å². The predicted octanol–water partition coefficient (Wildman–Crippen LogP) is 2.28. The molecule has 7 nitrogen and oxygen atoms in total. The molecular formula is C21H22N4O3. The highest BCUT2D eigenvalue weighted by molar-refractivity contribution is 5.99. The SMILES string of the molecule is CCc1ccccc1NC(=O)CN(C)C(=O)c1cnc2ccc(C)cn2c1=O. The summed E-state index contributed by atoms with van der Waals surface area (Å²) < 4.78 is 1.34. The van der Waals surface area contributed by atoms with Crippen LogP contribution in [0.1, 0.15) is 28.4 Å². The fraction of sp³-hybridized carbons (Fsp3) is 0.238. The van der Waals surface area contributed by atoms with Gasteiger partial charge in [0.15, 0.2) is 0 Å². The van der Waals surface area contributed by atoms with E-state index in [0.717, 1.165) is 23.2 Å². The van der Waals surface area contributed by atoms with Gasteiger partial charge in [0.25, 0.3) is 11.5 Å². The van der Waals surface area contributed by atoms with Gasteiger partial charge in [0.05, 0.1) is 6.54 Å². The number of rotatable bonds is 5. The van der Waals surface area contributed by atoms with E-state index in [1.807, 2.05) is 44.2 Å². The van der Waals surface area contributed by atoms with Gasteiger partial charge in [0, 0.05) is 25.1 Å². The van der Waals surface area contributed by atoms with Gasteiger partial charge in [0.2, 0.25) is 5.91 Å². The largest absolute Gasteiger partial charge is 0.332 e. The summed E-state index contributed by atoms with van der Waals surface area (Å²) in [5, 5.41) is 2.82. The zero-order valence-electron chi connectivity index (χ0n) is 16.1. The van der Waals surface area contributed by atoms with Gasteiger partial charge in [-0.15, -0.1) is 0 Å². The number of hydrogen-bond donors (Lipinski definition) is 1. The van der Waals surface area contributed by atoms with Crippen molar-refractivity contribution in [1.29, 1.82) is 0 Å². The maximum atomic E-state index is 12.7. The zero-order valence-corrected chi connectivity index (χ0v) is 16.1. The Morgan fingerprint density at radius 3 is 2.68 bits per heavy atom. The van der Waals surface area contributed by atoms with Crippen molar-refractivity contribution in [3.8, 4) is 0 Å². The number of nitrogens with one attached hydrogen (secondary N) is 1. The number of nitrogens with zero attached hydrogens (tertiary/aromatic N) is 3. The molecule has 0 bridgehead atoms. The topological polar surface area (TPSA) is 83.8 Å². The van der Waals surface area contributed by atoms with Gasteiger partial charge in [-0.3, -0.25) is 18.8 Å². The van der Waals surface area contributed by atoms with Crippen LogP contribution in [0.15, 0.2) is 53.6 Å². The molecule has 0 spiro atoms. The third-order valence-electron chi connectivity index (χ3n) is 4.48. The molecule has 28 heavy (non-hydrogen) atoms. The molecule has 7 heteroatoms. The Morgan fingerprint density at radius 1 is 1.18 bits per heavy atom. The van der Waals surface area contributed by atoms with Crippen LogP contribution in [0.25, 0.3) is 5.65 Å². The molecule has 3 rings (SSSR count). The van der Waals surface area contributed by atoms with Gasteiger partial charge in [-0.25, -0.2) is 4.98 Å². The summed E-state index contributed by atoms with van der Waals surface area (Å²) in [6.07, 6.45) is 3.68. The Kier molecular flexibility index (Phi) is 5.54. The maximum absolute atomic E-state index is 12.7. The van der Waals surface area contributed by atoms with Crippen molar-refractivity contribution in [3.05, 3.63) is 75.8 Å². The molecule has 0 unspecified atom stereocenters. The Bertz CT molecular complexity index is 1100. The fourth-order valence-electron chi connectivity index (χ4n) is 2.96. The lowest BCUT2D eigenvalue weighted by atomic mass is 10.1. The Hall–Kier alpha value is -3.48. The van der Waals surface area contributed by atoms with E-state index in [1.54, 1.807) is 12.3 Å². The van der Waals surface area contributed by atoms with Crippen LogP contribution >= 0.6 is 0 Å². The molecule has 0 fully saturated rings. The molecule has 2 heterocycles. The second-order valence-corrected chi connectivity index (χ2v) is 6.63. The van der Waals surface area contributed by atoms with E-state index in [9.17, 15) is 14.4 Å². The number of carbonyl (C=O) groups is 2. The van der Waals surface area contributed by atoms with Crippen molar-refractivity contribution >= 4 is 23.1 Å². The summed E-state index contributed by atoms with van der Waals surface area (Å²) in [4.78, 5) is 43.1. The highest BCUT2D eigenvalue weighted by Gasteiger charge is 2.20. The van der Waals surface area contributed by atoms with Crippen LogP contribution in [0.3, 0.4) is 0 Å². The number of benzene rings is 1. The van der Waals surface area contributed by atoms with Crippen molar-refractivity contribution in [2.24, 2.45) is 0 Å². The highest BCUT2D eigenvalue weighted by atomic mass is 16.2. The number of likely N-dealkylation sites (N-methyl/N-ethyl adjacent to an activating group) is 1. The summed E-state index contributed by atoms with van der Waals surface area (Å²) in [6, 6.07) is 11.1. The minimum Gasteiger partial charge on any atom is -0.332 e. The number of carbonyl (C=O) groups excluding carboxylic acids is 2. The van der Waals surface area contributed by atoms with Crippen LogP contribution < -0.4 is 10.9 Å². The van der Waals surface area contributed by atoms with Crippen LogP contribution in [0.5, 0.6) is 0 Å². The lowest BCUT2D eigenvalue weighted by molar-refractivity contribution is -0.116. The zero-order chi connectivity index (χ0) is 20.3. The standard InChI is InChI=1S/C21H22N4O3/c1-4-15-7-5-6-8-17(15)23-19(26)13-24(3)20(27)16-11-22-18-10-9-14(2)12-25(18)21(16)28/h5-12H,4,13H2,1-3H3,(H,23,26). The number of fused-ring (bicyclic) bond motifs is 1. The Balaban J connectivity index is 1.77. The molecule has 1 N–H and O–H groups in total. The Morgan fingerprint density at radius 2 is 1.93 bits per heavy atom. The van der Waals surface area contributed by atoms with Crippen molar-refractivity contribution in [2.45, 2.75) is 20.3 Å². The van der Waals surface area contributed by atoms with Crippen LogP contribution in [-0.2, 0) is 11.2 Å². The third-order valence-corrected chi connectivity index (χ3v) is 4.48. The number of aromatic nitrogens is 2. The summed E-state index contributed by atoms with van der Waals surface area (Å²) in [7, 11) is 1.48. The molecule has 144 valence electrons. The van der Waals surface area contributed by atoms with Crippen molar-refractivity contribution < 1.29 is 9.59 Å². The van der Waals surface area contributed by atoms with E-state index in [4.69, 9.17) is 0 Å². The fourth-order valence-corrected chi connectivity index (χ4v) is 2.96. The smallest absolute Gasteiger partial charge is 0.270 e. The minimum atomic E-state index is -0.549. The summed E-state index contributed by atoms with van der Waals surface area (Å²) >= 11 is 0. The van der Waals surface area contributed by atoms with E-state index in [0.29, 0.717) is 5.65 Å². The first kappa shape index (κ1) is 19.3. The van der Waals surface area contributed by atoms with Crippen LogP contribution in [0, 0.1) is 6.92 Å². The van der Waals surface area contributed by atoms with Crippen LogP contribution in [-0.4, -0.2) is 39.7 Å². The second kappa shape index (κ2) is 8.04. The average Bonchev–Trinajstić information content (AvgIpc) is 2.68. The first-order chi connectivity index (χ1) is 13.4. The number of hydrogen-bond acceptors (Lipinski definition) is 4. The molecule has 3 aromatic rings. The van der Waals surface area contributed by atoms with E-state index >= 15 is 0 Å². The molecule has 0 aliphatic heterocycles. The van der Waals surface area contributed by atoms with E-state index < -0.39 is 11.5 Å². The van der Waals surface area contributed by atoms with Gasteiger partial charge in [-0.1, -0.05) is 31.2 Å². The van der Waals surface area contributed by atoms with Gasteiger partial charge in [-0.2, -0.15) is 0 Å². The van der Waals surface area contributed by atoms with E-state index in [1.165, 1.54) is 22.5 Å². The third kappa shape index (κ3) is 3.93. The molecule has 2 aromatic heterocycles. The summed E-state index contributed by atoms with van der Waals surface area (Å²) in [5.74, 6) is -0.881. The number of anilines is 1. The van der Waals surface area contributed by atoms with E-state index in [-0.39, 0.29) is 18.0 Å².